The summed E-state index contributed by atoms with van der Waals surface area (Å²) in [5, 5.41) is 5.37. The smallest absolute Gasteiger partial charge is 0.343 e. The van der Waals surface area contributed by atoms with E-state index in [1.807, 2.05) is 25.1 Å². The molecule has 1 atom stereocenters. The number of fused-ring (bicyclic) bond motifs is 1. The molecule has 8 nitrogen and oxygen atoms in total. The van der Waals surface area contributed by atoms with Crippen LogP contribution in [-0.4, -0.2) is 54.7 Å². The van der Waals surface area contributed by atoms with E-state index in [1.165, 1.54) is 4.90 Å². The third-order valence-electron chi connectivity index (χ3n) is 4.39. The molecule has 1 aromatic rings. The summed E-state index contributed by atoms with van der Waals surface area (Å²) in [6.07, 6.45) is -0.196. The lowest BCUT2D eigenvalue weighted by molar-refractivity contribution is -0.141. The van der Waals surface area contributed by atoms with Crippen molar-refractivity contribution < 1.29 is 23.9 Å². The molecule has 1 fully saturated rings. The minimum absolute atomic E-state index is 0.0938. The van der Waals surface area contributed by atoms with Gasteiger partial charge in [0.1, 0.15) is 17.3 Å². The Morgan fingerprint density at radius 2 is 2.08 bits per heavy atom. The van der Waals surface area contributed by atoms with E-state index in [9.17, 15) is 19.2 Å². The van der Waals surface area contributed by atoms with E-state index in [1.54, 1.807) is 6.07 Å². The molecule has 2 N–H and O–H groups in total. The molecular weight excluding hydrogens is 338 g/mol. The van der Waals surface area contributed by atoms with Gasteiger partial charge in [0, 0.05) is 25.2 Å². The number of nitrogens with zero attached hydrogens (tertiary/aromatic N) is 1. The molecule has 0 aliphatic carbocycles. The van der Waals surface area contributed by atoms with Crippen LogP contribution in [-0.2, 0) is 23.9 Å². The molecule has 0 spiro atoms. The largest absolute Gasteiger partial charge is 0.465 e. The number of methoxy groups -OCH3 is 1. The van der Waals surface area contributed by atoms with Gasteiger partial charge in [-0.3, -0.25) is 14.4 Å². The lowest BCUT2D eigenvalue weighted by Crippen LogP contribution is -2.57. The molecule has 0 unspecified atom stereocenters. The third-order valence-corrected chi connectivity index (χ3v) is 4.39. The maximum Gasteiger partial charge on any atom is 0.343 e. The van der Waals surface area contributed by atoms with Crippen molar-refractivity contribution in [3.8, 4) is 0 Å². The highest BCUT2D eigenvalue weighted by molar-refractivity contribution is 6.24. The number of ketones is 1. The van der Waals surface area contributed by atoms with Crippen LogP contribution in [0.5, 0.6) is 0 Å². The van der Waals surface area contributed by atoms with Crippen LogP contribution in [0.2, 0.25) is 0 Å². The molecule has 26 heavy (non-hydrogen) atoms. The Labute approximate surface area is 150 Å². The molecule has 1 saturated heterocycles. The lowest BCUT2D eigenvalue weighted by Gasteiger charge is -2.40. The van der Waals surface area contributed by atoms with Gasteiger partial charge in [0.05, 0.1) is 7.11 Å². The second-order valence-electron chi connectivity index (χ2n) is 6.17. The maximum atomic E-state index is 12.8. The van der Waals surface area contributed by atoms with E-state index < -0.39 is 29.6 Å². The average Bonchev–Trinajstić information content (AvgIpc) is 2.61. The minimum Gasteiger partial charge on any atom is -0.465 e. The fraction of sp³-hybridized carbons (Fsp3) is 0.333. The first-order chi connectivity index (χ1) is 12.4. The van der Waals surface area contributed by atoms with Crippen LogP contribution in [0.3, 0.4) is 0 Å². The zero-order chi connectivity index (χ0) is 18.8. The van der Waals surface area contributed by atoms with Crippen molar-refractivity contribution in [1.29, 1.82) is 0 Å². The van der Waals surface area contributed by atoms with E-state index in [0.717, 1.165) is 12.7 Å². The number of ether oxygens (including phenoxy) is 1. The van der Waals surface area contributed by atoms with Crippen LogP contribution in [0.15, 0.2) is 35.5 Å². The number of aryl methyl sites for hydroxylation is 1. The summed E-state index contributed by atoms with van der Waals surface area (Å²) in [4.78, 5) is 51.0. The molecule has 3 rings (SSSR count). The van der Waals surface area contributed by atoms with Crippen molar-refractivity contribution in [2.24, 2.45) is 0 Å². The van der Waals surface area contributed by atoms with Crippen LogP contribution in [0.25, 0.3) is 0 Å². The number of hydrogen-bond acceptors (Lipinski definition) is 6. The van der Waals surface area contributed by atoms with Crippen molar-refractivity contribution in [1.82, 2.24) is 10.2 Å². The fourth-order valence-corrected chi connectivity index (χ4v) is 3.20. The Bertz CT molecular complexity index is 830. The van der Waals surface area contributed by atoms with Crippen molar-refractivity contribution in [3.63, 3.8) is 0 Å². The summed E-state index contributed by atoms with van der Waals surface area (Å²) in [6.45, 7) is 2.54. The molecule has 1 aromatic carbocycles. The number of nitrogens with one attached hydrogen (secondary N) is 2. The summed E-state index contributed by atoms with van der Waals surface area (Å²) < 4.78 is 4.64. The molecule has 8 heteroatoms. The van der Waals surface area contributed by atoms with Crippen LogP contribution in [0, 0.1) is 6.92 Å². The summed E-state index contributed by atoms with van der Waals surface area (Å²) >= 11 is 0. The predicted octanol–water partition coefficient (Wildman–Crippen LogP) is 0.134. The van der Waals surface area contributed by atoms with E-state index in [4.69, 9.17) is 0 Å². The molecule has 0 radical (unpaired) electrons. The van der Waals surface area contributed by atoms with E-state index >= 15 is 0 Å². The highest BCUT2D eigenvalue weighted by Gasteiger charge is 2.44. The second-order valence-corrected chi connectivity index (χ2v) is 6.17. The monoisotopic (exact) mass is 357 g/mol. The second kappa shape index (κ2) is 6.99. The fourth-order valence-electron chi connectivity index (χ4n) is 3.20. The van der Waals surface area contributed by atoms with Gasteiger partial charge < -0.3 is 20.3 Å². The lowest BCUT2D eigenvalue weighted by atomic mass is 9.92. The summed E-state index contributed by atoms with van der Waals surface area (Å²) in [5.74, 6) is -2.41. The van der Waals surface area contributed by atoms with Crippen LogP contribution >= 0.6 is 0 Å². The Morgan fingerprint density at radius 3 is 2.77 bits per heavy atom. The number of carbonyl (C=O) groups excluding carboxylic acids is 4. The molecule has 0 aromatic heterocycles. The van der Waals surface area contributed by atoms with E-state index in [0.29, 0.717) is 18.8 Å². The normalized spacial score (nSPS) is 19.6. The van der Waals surface area contributed by atoms with Crippen LogP contribution in [0.4, 0.5) is 5.69 Å². The molecule has 2 heterocycles. The van der Waals surface area contributed by atoms with Gasteiger partial charge in [-0.15, -0.1) is 0 Å². The molecule has 2 aliphatic rings. The number of benzene rings is 1. The van der Waals surface area contributed by atoms with Crippen molar-refractivity contribution >= 4 is 29.3 Å². The first kappa shape index (κ1) is 17.7. The molecule has 0 saturated carbocycles. The number of carbonyl (C=O) groups is 4. The van der Waals surface area contributed by atoms with E-state index in [2.05, 4.69) is 15.4 Å². The highest BCUT2D eigenvalue weighted by Crippen LogP contribution is 2.28. The van der Waals surface area contributed by atoms with Gasteiger partial charge in [0.2, 0.25) is 5.91 Å². The maximum absolute atomic E-state index is 12.8. The first-order valence-electron chi connectivity index (χ1n) is 8.20. The standard InChI is InChI=1S/C18H19N3O5/c1-10-4-3-5-11(8-10)20-16(23)12-9-13(22)14(18(25)26-2)15-17(24)19-6-7-21(12)15/h3-5,8,12H,6-7,9H2,1-2H3,(H,19,24)(H,20,23)/t12-/m1/s1. The first-order valence-corrected chi connectivity index (χ1v) is 8.20. The van der Waals surface area contributed by atoms with Crippen molar-refractivity contribution in [2.75, 3.05) is 25.5 Å². The molecule has 2 aliphatic heterocycles. The SMILES string of the molecule is COC(=O)C1=C2C(=O)NCCN2[C@@H](C(=O)Nc2cccc(C)c2)CC1=O. The average molecular weight is 357 g/mol. The van der Waals surface area contributed by atoms with Gasteiger partial charge in [-0.25, -0.2) is 4.79 Å². The van der Waals surface area contributed by atoms with Crippen LogP contribution in [0.1, 0.15) is 12.0 Å². The number of anilines is 1. The number of rotatable bonds is 3. The Balaban J connectivity index is 1.93. The Kier molecular flexibility index (Phi) is 4.75. The topological polar surface area (TPSA) is 105 Å². The summed E-state index contributed by atoms with van der Waals surface area (Å²) in [5.41, 5.74) is 1.19. The van der Waals surface area contributed by atoms with Gasteiger partial charge in [0.15, 0.2) is 5.78 Å². The zero-order valence-electron chi connectivity index (χ0n) is 14.5. The number of hydrogen-bond donors (Lipinski definition) is 2. The zero-order valence-corrected chi connectivity index (χ0v) is 14.5. The summed E-state index contributed by atoms with van der Waals surface area (Å²) in [7, 11) is 1.14. The molecular formula is C18H19N3O5. The minimum atomic E-state index is -0.871. The van der Waals surface area contributed by atoms with Crippen molar-refractivity contribution in [2.45, 2.75) is 19.4 Å². The molecule has 0 bridgehead atoms. The van der Waals surface area contributed by atoms with Gasteiger partial charge in [0.25, 0.3) is 5.91 Å². The number of esters is 1. The Hall–Kier alpha value is -3.16. The highest BCUT2D eigenvalue weighted by atomic mass is 16.5. The van der Waals surface area contributed by atoms with Gasteiger partial charge >= 0.3 is 5.97 Å². The third kappa shape index (κ3) is 3.17. The molecule has 2 amide bonds. The van der Waals surface area contributed by atoms with Crippen LogP contribution < -0.4 is 10.6 Å². The van der Waals surface area contributed by atoms with Gasteiger partial charge in [-0.1, -0.05) is 12.1 Å². The predicted molar refractivity (Wildman–Crippen MR) is 92.0 cm³/mol. The van der Waals surface area contributed by atoms with Gasteiger partial charge in [-0.2, -0.15) is 0 Å². The summed E-state index contributed by atoms with van der Waals surface area (Å²) in [6, 6.07) is 6.40. The Morgan fingerprint density at radius 1 is 1.31 bits per heavy atom. The quantitative estimate of drug-likeness (QED) is 0.589. The number of amides is 2. The number of Topliss-reactive ketones (excluding diaryl/α,β-unsaturated/α-hetero) is 1. The number of piperazine rings is 1. The van der Waals surface area contributed by atoms with Crippen molar-refractivity contribution in [3.05, 3.63) is 41.1 Å². The van der Waals surface area contributed by atoms with Gasteiger partial charge in [-0.05, 0) is 24.6 Å². The van der Waals surface area contributed by atoms with E-state index in [-0.39, 0.29) is 17.7 Å². The molecule has 136 valence electrons.